The summed E-state index contributed by atoms with van der Waals surface area (Å²) in [6.07, 6.45) is 14.7. The molecule has 3 aromatic carbocycles. The molecule has 0 aliphatic heterocycles. The lowest BCUT2D eigenvalue weighted by atomic mass is 9.77. The van der Waals surface area contributed by atoms with Crippen molar-refractivity contribution in [2.45, 2.75) is 77.0 Å². The number of nitrogens with one attached hydrogen (secondary N) is 1. The average Bonchev–Trinajstić information content (AvgIpc) is 3.12. The van der Waals surface area contributed by atoms with Crippen LogP contribution in [0.3, 0.4) is 0 Å². The Morgan fingerprint density at radius 2 is 1.40 bits per heavy atom. The second-order valence-corrected chi connectivity index (χ2v) is 11.9. The summed E-state index contributed by atoms with van der Waals surface area (Å²) in [5.74, 6) is 1.66. The molecule has 0 radical (unpaired) electrons. The number of benzene rings is 3. The molecule has 1 aliphatic rings. The Kier molecular flexibility index (Phi) is 16.8. The number of unbranched alkanes of at least 4 members (excludes halogenated alkanes) is 3. The number of methoxy groups -OCH3 is 1. The predicted octanol–water partition coefficient (Wildman–Crippen LogP) is 9.15. The van der Waals surface area contributed by atoms with Gasteiger partial charge in [-0.1, -0.05) is 38.8 Å². The number of esters is 2. The van der Waals surface area contributed by atoms with Gasteiger partial charge in [-0.05, 0) is 129 Å². The van der Waals surface area contributed by atoms with Crippen LogP contribution in [0.2, 0.25) is 0 Å². The maximum absolute atomic E-state index is 12.9. The molecular weight excluding hydrogens is 606 g/mol. The number of aldehydes is 1. The number of carbonyl (C=O) groups is 3. The van der Waals surface area contributed by atoms with Crippen molar-refractivity contribution in [3.63, 3.8) is 0 Å². The molecule has 0 heterocycles. The number of rotatable bonds is 17. The zero-order valence-electron chi connectivity index (χ0n) is 28.3. The summed E-state index contributed by atoms with van der Waals surface area (Å²) in [5.41, 5.74) is 2.51. The van der Waals surface area contributed by atoms with Gasteiger partial charge in [0.1, 0.15) is 23.5 Å². The first-order chi connectivity index (χ1) is 23.4. The number of hydrogen-bond donors (Lipinski definition) is 1. The molecule has 0 aromatic heterocycles. The summed E-state index contributed by atoms with van der Waals surface area (Å²) < 4.78 is 22.0. The van der Waals surface area contributed by atoms with Crippen LogP contribution in [0.5, 0.6) is 17.2 Å². The third-order valence-corrected chi connectivity index (χ3v) is 8.41. The minimum Gasteiger partial charge on any atom is -0.494 e. The van der Waals surface area contributed by atoms with E-state index in [0.717, 1.165) is 51.0 Å². The van der Waals surface area contributed by atoms with Crippen LogP contribution in [0.4, 0.5) is 0 Å². The number of ether oxygens (including phenoxy) is 4. The van der Waals surface area contributed by atoms with Gasteiger partial charge in [0, 0.05) is 25.5 Å². The van der Waals surface area contributed by atoms with Gasteiger partial charge in [0.05, 0.1) is 17.7 Å². The first kappa shape index (κ1) is 37.9. The Labute approximate surface area is 285 Å². The van der Waals surface area contributed by atoms with Crippen LogP contribution < -0.4 is 14.2 Å². The average molecular weight is 656 g/mol. The summed E-state index contributed by atoms with van der Waals surface area (Å²) in [7, 11) is 1.71. The quantitative estimate of drug-likeness (QED) is 0.0385. The Balaban J connectivity index is 0.00000148. The molecule has 8 heteroatoms. The van der Waals surface area contributed by atoms with Gasteiger partial charge in [-0.25, -0.2) is 9.59 Å². The van der Waals surface area contributed by atoms with Crippen LogP contribution in [0.1, 0.15) is 109 Å². The summed E-state index contributed by atoms with van der Waals surface area (Å²) >= 11 is 0. The third kappa shape index (κ3) is 12.6. The molecule has 0 unspecified atom stereocenters. The van der Waals surface area contributed by atoms with E-state index in [1.807, 2.05) is 12.1 Å². The van der Waals surface area contributed by atoms with Crippen LogP contribution in [0, 0.1) is 11.3 Å². The SMILES string of the molecule is C=CC=O.CCCC1CCC(c2ccc(OC(=O)c3ccc(OC(=O)c4ccc(OCCCCCCOC)cc4)cc3)c(C=N)c2)CC1. The van der Waals surface area contributed by atoms with E-state index in [2.05, 4.69) is 13.5 Å². The van der Waals surface area contributed by atoms with E-state index in [9.17, 15) is 9.59 Å². The molecule has 0 spiro atoms. The van der Waals surface area contributed by atoms with Gasteiger partial charge in [0.15, 0.2) is 0 Å². The van der Waals surface area contributed by atoms with Crippen LogP contribution >= 0.6 is 0 Å². The Bertz CT molecular complexity index is 1440. The highest BCUT2D eigenvalue weighted by Crippen LogP contribution is 2.38. The van der Waals surface area contributed by atoms with E-state index in [-0.39, 0.29) is 0 Å². The summed E-state index contributed by atoms with van der Waals surface area (Å²) in [6, 6.07) is 18.9. The number of carbonyl (C=O) groups excluding carboxylic acids is 3. The highest BCUT2D eigenvalue weighted by molar-refractivity contribution is 5.94. The second-order valence-electron chi connectivity index (χ2n) is 11.9. The highest BCUT2D eigenvalue weighted by atomic mass is 16.5. The minimum absolute atomic E-state index is 0.318. The van der Waals surface area contributed by atoms with Gasteiger partial charge in [-0.15, -0.1) is 0 Å². The van der Waals surface area contributed by atoms with Gasteiger partial charge >= 0.3 is 11.9 Å². The standard InChI is InChI=1S/C37H45NO6.C3H4O/c1-3-8-27-9-11-28(12-10-27)31-17-22-35(32(25-31)26-38)44-37(40)30-15-20-34(21-16-30)43-36(39)29-13-18-33(19-14-29)42-24-7-5-4-6-23-41-2;1-2-3-4/h13-22,25-28,38H,3-12,23-24H2,1-2H3;2-3H,1H2. The molecule has 1 saturated carbocycles. The summed E-state index contributed by atoms with van der Waals surface area (Å²) in [5, 5.41) is 7.90. The van der Waals surface area contributed by atoms with Crippen molar-refractivity contribution in [3.8, 4) is 17.2 Å². The van der Waals surface area contributed by atoms with Crippen molar-refractivity contribution in [2.24, 2.45) is 5.92 Å². The molecule has 8 nitrogen and oxygen atoms in total. The van der Waals surface area contributed by atoms with Crippen molar-refractivity contribution >= 4 is 24.4 Å². The van der Waals surface area contributed by atoms with E-state index in [1.54, 1.807) is 61.7 Å². The molecule has 4 rings (SSSR count). The smallest absolute Gasteiger partial charge is 0.343 e. The molecule has 0 atom stereocenters. The van der Waals surface area contributed by atoms with E-state index >= 15 is 0 Å². The fourth-order valence-corrected chi connectivity index (χ4v) is 5.78. The monoisotopic (exact) mass is 655 g/mol. The lowest BCUT2D eigenvalue weighted by molar-refractivity contribution is -0.104. The first-order valence-electron chi connectivity index (χ1n) is 16.9. The van der Waals surface area contributed by atoms with E-state index in [1.165, 1.54) is 43.5 Å². The topological polar surface area (TPSA) is 112 Å². The van der Waals surface area contributed by atoms with Gasteiger partial charge < -0.3 is 24.4 Å². The van der Waals surface area contributed by atoms with Crippen molar-refractivity contribution in [2.75, 3.05) is 20.3 Å². The fraction of sp³-hybridized carbons (Fsp3) is 0.400. The van der Waals surface area contributed by atoms with Crippen molar-refractivity contribution < 1.29 is 33.3 Å². The molecule has 0 amide bonds. The zero-order chi connectivity index (χ0) is 34.6. The lowest BCUT2D eigenvalue weighted by Crippen LogP contribution is -2.14. The van der Waals surface area contributed by atoms with Crippen molar-refractivity contribution in [3.05, 3.63) is 102 Å². The number of hydrogen-bond acceptors (Lipinski definition) is 8. The molecule has 48 heavy (non-hydrogen) atoms. The number of allylic oxidation sites excluding steroid dienone is 1. The Morgan fingerprint density at radius 3 is 1.96 bits per heavy atom. The fourth-order valence-electron chi connectivity index (χ4n) is 5.78. The predicted molar refractivity (Wildman–Crippen MR) is 189 cm³/mol. The first-order valence-corrected chi connectivity index (χ1v) is 16.9. The van der Waals surface area contributed by atoms with Crippen LogP contribution in [0.25, 0.3) is 0 Å². The van der Waals surface area contributed by atoms with Crippen LogP contribution in [-0.4, -0.2) is 44.8 Å². The van der Waals surface area contributed by atoms with Crippen LogP contribution in [0.15, 0.2) is 79.4 Å². The van der Waals surface area contributed by atoms with Gasteiger partial charge in [0.25, 0.3) is 0 Å². The third-order valence-electron chi connectivity index (χ3n) is 8.41. The maximum Gasteiger partial charge on any atom is 0.343 e. The second kappa shape index (κ2) is 21.3. The molecule has 1 aliphatic carbocycles. The van der Waals surface area contributed by atoms with Crippen LogP contribution in [-0.2, 0) is 9.53 Å². The van der Waals surface area contributed by atoms with E-state index in [4.69, 9.17) is 29.2 Å². The molecular formula is C40H49NO7. The summed E-state index contributed by atoms with van der Waals surface area (Å²) in [4.78, 5) is 34.6. The van der Waals surface area contributed by atoms with Gasteiger partial charge in [-0.2, -0.15) is 0 Å². The highest BCUT2D eigenvalue weighted by Gasteiger charge is 2.23. The zero-order valence-corrected chi connectivity index (χ0v) is 28.3. The summed E-state index contributed by atoms with van der Waals surface area (Å²) in [6.45, 7) is 6.77. The van der Waals surface area contributed by atoms with Crippen molar-refractivity contribution in [1.82, 2.24) is 0 Å². The molecule has 3 aromatic rings. The largest absolute Gasteiger partial charge is 0.494 e. The van der Waals surface area contributed by atoms with E-state index in [0.29, 0.717) is 52.7 Å². The molecule has 0 saturated heterocycles. The molecule has 1 N–H and O–H groups in total. The molecule has 0 bridgehead atoms. The Hall–Kier alpha value is -4.56. The van der Waals surface area contributed by atoms with Gasteiger partial charge in [-0.3, -0.25) is 4.79 Å². The van der Waals surface area contributed by atoms with Gasteiger partial charge in [0.2, 0.25) is 0 Å². The maximum atomic E-state index is 12.9. The lowest BCUT2D eigenvalue weighted by Gasteiger charge is -2.29. The normalized spacial score (nSPS) is 15.3. The minimum atomic E-state index is -0.538. The molecule has 1 fully saturated rings. The van der Waals surface area contributed by atoms with Crippen molar-refractivity contribution in [1.29, 1.82) is 5.41 Å². The Morgan fingerprint density at radius 1 is 0.812 bits per heavy atom. The molecule has 256 valence electrons. The van der Waals surface area contributed by atoms with E-state index < -0.39 is 11.9 Å².